The molecular weight excluding hydrogens is 314 g/mol. The number of anilines is 1. The van der Waals surface area contributed by atoms with Crippen LogP contribution >= 0.6 is 0 Å². The molecule has 5 nitrogen and oxygen atoms in total. The summed E-state index contributed by atoms with van der Waals surface area (Å²) in [5, 5.41) is 3.42. The quantitative estimate of drug-likeness (QED) is 0.863. The first kappa shape index (κ1) is 19.0. The van der Waals surface area contributed by atoms with Crippen molar-refractivity contribution in [3.8, 4) is 23.0 Å². The van der Waals surface area contributed by atoms with Gasteiger partial charge in [-0.25, -0.2) is 4.98 Å². The molecule has 2 rings (SSSR count). The summed E-state index contributed by atoms with van der Waals surface area (Å²) in [7, 11) is 3.30. The lowest BCUT2D eigenvalue weighted by Gasteiger charge is -2.22. The fourth-order valence-electron chi connectivity index (χ4n) is 2.74. The zero-order valence-corrected chi connectivity index (χ0v) is 16.6. The molecule has 0 saturated carbocycles. The number of nitrogens with zero attached hydrogens (tertiary/aromatic N) is 2. The van der Waals surface area contributed by atoms with Gasteiger partial charge < -0.3 is 14.8 Å². The maximum atomic E-state index is 5.56. The number of aromatic nitrogens is 2. The van der Waals surface area contributed by atoms with Gasteiger partial charge in [-0.1, -0.05) is 26.8 Å². The molecule has 25 heavy (non-hydrogen) atoms. The average Bonchev–Trinajstić information content (AvgIpc) is 2.51. The van der Waals surface area contributed by atoms with E-state index in [9.17, 15) is 0 Å². The molecular formula is C20H29N3O2. The molecule has 0 fully saturated rings. The number of ether oxygens (including phenoxy) is 2. The Hall–Kier alpha value is -2.30. The van der Waals surface area contributed by atoms with Crippen LogP contribution in [-0.4, -0.2) is 30.7 Å². The maximum absolute atomic E-state index is 5.56. The summed E-state index contributed by atoms with van der Waals surface area (Å²) < 4.78 is 11.1. The summed E-state index contributed by atoms with van der Waals surface area (Å²) in [5.41, 5.74) is 4.96. The van der Waals surface area contributed by atoms with Gasteiger partial charge in [0.1, 0.15) is 11.4 Å². The van der Waals surface area contributed by atoms with Crippen LogP contribution in [0.4, 0.5) is 5.69 Å². The molecule has 5 heteroatoms. The third-order valence-corrected chi connectivity index (χ3v) is 3.93. The highest BCUT2D eigenvalue weighted by Gasteiger charge is 2.19. The summed E-state index contributed by atoms with van der Waals surface area (Å²) in [6.07, 6.45) is 0. The second-order valence-electron chi connectivity index (χ2n) is 7.59. The molecule has 1 aromatic heterocycles. The van der Waals surface area contributed by atoms with Crippen LogP contribution in [-0.2, 0) is 0 Å². The van der Waals surface area contributed by atoms with Gasteiger partial charge in [0.25, 0.3) is 0 Å². The number of rotatable bonds is 5. The number of aryl methyl sites for hydroxylation is 3. The van der Waals surface area contributed by atoms with Crippen molar-refractivity contribution in [2.45, 2.75) is 41.5 Å². The van der Waals surface area contributed by atoms with Gasteiger partial charge in [-0.3, -0.25) is 0 Å². The molecule has 0 saturated heterocycles. The van der Waals surface area contributed by atoms with Crippen LogP contribution < -0.4 is 14.8 Å². The van der Waals surface area contributed by atoms with E-state index in [0.29, 0.717) is 11.7 Å². The SMILES string of the molecule is COc1cc(C)cc(C)c1-c1nc(C)c(NCC(C)(C)C)c(OC)n1. The van der Waals surface area contributed by atoms with Gasteiger partial charge in [0.2, 0.25) is 5.88 Å². The lowest BCUT2D eigenvalue weighted by molar-refractivity contribution is 0.395. The molecule has 1 heterocycles. The zero-order chi connectivity index (χ0) is 18.8. The standard InChI is InChI=1S/C20H29N3O2/c1-12-9-13(2)16(15(10-12)24-7)18-22-14(3)17(19(23-18)25-8)21-11-20(4,5)6/h9-10,21H,11H2,1-8H3. The predicted molar refractivity (Wildman–Crippen MR) is 103 cm³/mol. The lowest BCUT2D eigenvalue weighted by atomic mass is 9.97. The highest BCUT2D eigenvalue weighted by atomic mass is 16.5. The van der Waals surface area contributed by atoms with Crippen LogP contribution in [0.3, 0.4) is 0 Å². The molecule has 0 aliphatic heterocycles. The molecule has 0 spiro atoms. The molecule has 1 aromatic carbocycles. The van der Waals surface area contributed by atoms with Crippen LogP contribution in [0, 0.1) is 26.2 Å². The molecule has 2 aromatic rings. The minimum Gasteiger partial charge on any atom is -0.496 e. The summed E-state index contributed by atoms with van der Waals surface area (Å²) in [5.74, 6) is 1.94. The van der Waals surface area contributed by atoms with Gasteiger partial charge >= 0.3 is 0 Å². The molecule has 0 aliphatic carbocycles. The Balaban J connectivity index is 2.54. The van der Waals surface area contributed by atoms with E-state index in [1.54, 1.807) is 14.2 Å². The van der Waals surface area contributed by atoms with Crippen molar-refractivity contribution in [2.75, 3.05) is 26.1 Å². The first-order valence-corrected chi connectivity index (χ1v) is 8.48. The Morgan fingerprint density at radius 3 is 2.24 bits per heavy atom. The minimum absolute atomic E-state index is 0.146. The highest BCUT2D eigenvalue weighted by Crippen LogP contribution is 2.36. The Labute approximate surface area is 150 Å². The summed E-state index contributed by atoms with van der Waals surface area (Å²) >= 11 is 0. The van der Waals surface area contributed by atoms with E-state index in [1.165, 1.54) is 0 Å². The van der Waals surface area contributed by atoms with Crippen LogP contribution in [0.1, 0.15) is 37.6 Å². The average molecular weight is 343 g/mol. The van der Waals surface area contributed by atoms with Crippen molar-refractivity contribution in [3.05, 3.63) is 29.0 Å². The first-order chi connectivity index (χ1) is 11.7. The van der Waals surface area contributed by atoms with Gasteiger partial charge in [-0.2, -0.15) is 4.98 Å². The van der Waals surface area contributed by atoms with E-state index in [1.807, 2.05) is 26.8 Å². The van der Waals surface area contributed by atoms with E-state index in [-0.39, 0.29) is 5.41 Å². The van der Waals surface area contributed by atoms with E-state index >= 15 is 0 Å². The third-order valence-electron chi connectivity index (χ3n) is 3.93. The van der Waals surface area contributed by atoms with E-state index < -0.39 is 0 Å². The van der Waals surface area contributed by atoms with Crippen molar-refractivity contribution in [2.24, 2.45) is 5.41 Å². The largest absolute Gasteiger partial charge is 0.496 e. The molecule has 1 N–H and O–H groups in total. The van der Waals surface area contributed by atoms with Gasteiger partial charge in [-0.15, -0.1) is 0 Å². The third kappa shape index (κ3) is 4.41. The number of hydrogen-bond acceptors (Lipinski definition) is 5. The normalized spacial score (nSPS) is 11.4. The zero-order valence-electron chi connectivity index (χ0n) is 16.6. The van der Waals surface area contributed by atoms with Gasteiger partial charge in [0.15, 0.2) is 5.82 Å². The Morgan fingerprint density at radius 1 is 1.00 bits per heavy atom. The van der Waals surface area contributed by atoms with Crippen molar-refractivity contribution in [1.82, 2.24) is 9.97 Å². The van der Waals surface area contributed by atoms with Crippen molar-refractivity contribution in [1.29, 1.82) is 0 Å². The van der Waals surface area contributed by atoms with Crippen LogP contribution in [0.25, 0.3) is 11.4 Å². The fraction of sp³-hybridized carbons (Fsp3) is 0.500. The lowest BCUT2D eigenvalue weighted by Crippen LogP contribution is -2.20. The first-order valence-electron chi connectivity index (χ1n) is 8.48. The Morgan fingerprint density at radius 2 is 1.68 bits per heavy atom. The molecule has 0 aliphatic rings. The minimum atomic E-state index is 0.146. The van der Waals surface area contributed by atoms with Crippen LogP contribution in [0.5, 0.6) is 11.6 Å². The van der Waals surface area contributed by atoms with Crippen molar-refractivity contribution < 1.29 is 9.47 Å². The number of benzene rings is 1. The fourth-order valence-corrected chi connectivity index (χ4v) is 2.74. The second-order valence-corrected chi connectivity index (χ2v) is 7.59. The highest BCUT2D eigenvalue weighted by molar-refractivity contribution is 5.71. The van der Waals surface area contributed by atoms with Gasteiger partial charge in [-0.05, 0) is 43.4 Å². The summed E-state index contributed by atoms with van der Waals surface area (Å²) in [6.45, 7) is 13.4. The van der Waals surface area contributed by atoms with Gasteiger partial charge in [0, 0.05) is 6.54 Å². The number of nitrogens with one attached hydrogen (secondary N) is 1. The maximum Gasteiger partial charge on any atom is 0.241 e. The van der Waals surface area contributed by atoms with E-state index in [2.05, 4.69) is 37.1 Å². The molecule has 0 unspecified atom stereocenters. The van der Waals surface area contributed by atoms with Crippen molar-refractivity contribution >= 4 is 5.69 Å². The molecule has 136 valence electrons. The Bertz CT molecular complexity index is 765. The number of hydrogen-bond donors (Lipinski definition) is 1. The second kappa shape index (κ2) is 7.30. The van der Waals surface area contributed by atoms with Crippen LogP contribution in [0.15, 0.2) is 12.1 Å². The van der Waals surface area contributed by atoms with E-state index in [0.717, 1.165) is 40.4 Å². The smallest absolute Gasteiger partial charge is 0.241 e. The number of methoxy groups -OCH3 is 2. The summed E-state index contributed by atoms with van der Waals surface area (Å²) in [6, 6.07) is 4.11. The van der Waals surface area contributed by atoms with Crippen LogP contribution in [0.2, 0.25) is 0 Å². The predicted octanol–water partition coefficient (Wildman–Crippen LogP) is 4.54. The Kier molecular flexibility index (Phi) is 5.55. The summed E-state index contributed by atoms with van der Waals surface area (Å²) in [4.78, 5) is 9.36. The molecule has 0 bridgehead atoms. The van der Waals surface area contributed by atoms with Crippen molar-refractivity contribution in [3.63, 3.8) is 0 Å². The topological polar surface area (TPSA) is 56.3 Å². The monoisotopic (exact) mass is 343 g/mol. The molecule has 0 atom stereocenters. The van der Waals surface area contributed by atoms with E-state index in [4.69, 9.17) is 14.5 Å². The molecule has 0 radical (unpaired) electrons. The molecule has 0 amide bonds. The van der Waals surface area contributed by atoms with Gasteiger partial charge in [0.05, 0.1) is 25.5 Å².